The van der Waals surface area contributed by atoms with Crippen LogP contribution in [0, 0.1) is 6.92 Å². The molecule has 0 radical (unpaired) electrons. The Morgan fingerprint density at radius 2 is 1.54 bits per heavy atom. The predicted octanol–water partition coefficient (Wildman–Crippen LogP) is 3.71. The average molecular weight is 319 g/mol. The fraction of sp³-hybridized carbons (Fsp3) is 0.100. The number of aryl methyl sites for hydroxylation is 1. The van der Waals surface area contributed by atoms with E-state index in [0.717, 1.165) is 17.2 Å². The molecule has 1 aromatic heterocycles. The van der Waals surface area contributed by atoms with E-state index in [2.05, 4.69) is 5.32 Å². The summed E-state index contributed by atoms with van der Waals surface area (Å²) in [7, 11) is 0. The lowest BCUT2D eigenvalue weighted by molar-refractivity contribution is -0.684. The van der Waals surface area contributed by atoms with Crippen molar-refractivity contribution in [3.05, 3.63) is 84.7 Å². The van der Waals surface area contributed by atoms with Crippen LogP contribution in [0.15, 0.2) is 79.1 Å². The van der Waals surface area contributed by atoms with Gasteiger partial charge in [-0.1, -0.05) is 18.2 Å². The Morgan fingerprint density at radius 3 is 2.21 bits per heavy atom. The lowest BCUT2D eigenvalue weighted by atomic mass is 10.3. The van der Waals surface area contributed by atoms with Crippen LogP contribution in [0.4, 0.5) is 5.69 Å². The summed E-state index contributed by atoms with van der Waals surface area (Å²) in [5.41, 5.74) is 1.91. The third-order valence-electron chi connectivity index (χ3n) is 3.50. The number of benzene rings is 2. The monoisotopic (exact) mass is 319 g/mol. The third-order valence-corrected chi connectivity index (χ3v) is 3.50. The Kier molecular flexibility index (Phi) is 4.87. The Balaban J connectivity index is 1.57. The van der Waals surface area contributed by atoms with E-state index in [9.17, 15) is 4.79 Å². The molecule has 0 aliphatic rings. The molecule has 4 nitrogen and oxygen atoms in total. The first kappa shape index (κ1) is 15.7. The van der Waals surface area contributed by atoms with Gasteiger partial charge in [0.2, 0.25) is 6.54 Å². The number of aromatic nitrogens is 1. The number of hydrogen-bond donors (Lipinski definition) is 1. The van der Waals surface area contributed by atoms with E-state index < -0.39 is 0 Å². The first-order chi connectivity index (χ1) is 11.7. The van der Waals surface area contributed by atoms with E-state index in [4.69, 9.17) is 4.74 Å². The van der Waals surface area contributed by atoms with E-state index >= 15 is 0 Å². The molecule has 4 heteroatoms. The second-order valence-electron chi connectivity index (χ2n) is 5.54. The van der Waals surface area contributed by atoms with Gasteiger partial charge in [-0.25, -0.2) is 0 Å². The van der Waals surface area contributed by atoms with Gasteiger partial charge in [-0.3, -0.25) is 4.79 Å². The largest absolute Gasteiger partial charge is 0.457 e. The number of ether oxygens (including phenoxy) is 1. The summed E-state index contributed by atoms with van der Waals surface area (Å²) in [4.78, 5) is 12.1. The molecular formula is C20H19N2O2+. The SMILES string of the molecule is Cc1cc[n+](CC(=O)Nc2ccc(Oc3ccccc3)cc2)cc1. The molecule has 3 rings (SSSR count). The molecule has 0 aliphatic carbocycles. The lowest BCUT2D eigenvalue weighted by Gasteiger charge is -2.07. The zero-order chi connectivity index (χ0) is 16.8. The summed E-state index contributed by atoms with van der Waals surface area (Å²) in [6.07, 6.45) is 3.79. The highest BCUT2D eigenvalue weighted by atomic mass is 16.5. The fourth-order valence-corrected chi connectivity index (χ4v) is 2.23. The molecule has 0 unspecified atom stereocenters. The minimum Gasteiger partial charge on any atom is -0.457 e. The van der Waals surface area contributed by atoms with Crippen LogP contribution in [-0.4, -0.2) is 5.91 Å². The van der Waals surface area contributed by atoms with Gasteiger partial charge in [0, 0.05) is 17.8 Å². The van der Waals surface area contributed by atoms with E-state index in [1.165, 1.54) is 5.56 Å². The number of anilines is 1. The van der Waals surface area contributed by atoms with Crippen LogP contribution in [0.2, 0.25) is 0 Å². The topological polar surface area (TPSA) is 42.2 Å². The summed E-state index contributed by atoms with van der Waals surface area (Å²) < 4.78 is 7.57. The maximum absolute atomic E-state index is 12.1. The van der Waals surface area contributed by atoms with E-state index in [1.807, 2.05) is 90.6 Å². The van der Waals surface area contributed by atoms with Crippen molar-refractivity contribution in [3.8, 4) is 11.5 Å². The third kappa shape index (κ3) is 4.43. The number of para-hydroxylation sites is 1. The number of amides is 1. The fourth-order valence-electron chi connectivity index (χ4n) is 2.23. The maximum Gasteiger partial charge on any atom is 0.290 e. The normalized spacial score (nSPS) is 10.2. The van der Waals surface area contributed by atoms with E-state index in [-0.39, 0.29) is 12.5 Å². The Bertz CT molecular complexity index is 797. The molecule has 2 aromatic carbocycles. The molecule has 0 spiro atoms. The minimum absolute atomic E-state index is 0.0689. The quantitative estimate of drug-likeness (QED) is 0.728. The highest BCUT2D eigenvalue weighted by Gasteiger charge is 2.09. The predicted molar refractivity (Wildman–Crippen MR) is 93.0 cm³/mol. The number of pyridine rings is 1. The zero-order valence-corrected chi connectivity index (χ0v) is 13.5. The van der Waals surface area contributed by atoms with Crippen LogP contribution in [0.25, 0.3) is 0 Å². The van der Waals surface area contributed by atoms with Crippen molar-refractivity contribution in [2.75, 3.05) is 5.32 Å². The van der Waals surface area contributed by atoms with E-state index in [1.54, 1.807) is 0 Å². The first-order valence-corrected chi connectivity index (χ1v) is 7.77. The Labute approximate surface area is 141 Å². The van der Waals surface area contributed by atoms with Gasteiger partial charge in [-0.2, -0.15) is 4.57 Å². The van der Waals surface area contributed by atoms with Crippen molar-refractivity contribution < 1.29 is 14.1 Å². The summed E-state index contributed by atoms with van der Waals surface area (Å²) >= 11 is 0. The minimum atomic E-state index is -0.0689. The van der Waals surface area contributed by atoms with Crippen molar-refractivity contribution in [2.45, 2.75) is 13.5 Å². The molecule has 0 bridgehead atoms. The Hall–Kier alpha value is -3.14. The molecule has 0 saturated heterocycles. The van der Waals surface area contributed by atoms with Crippen molar-refractivity contribution in [2.24, 2.45) is 0 Å². The zero-order valence-electron chi connectivity index (χ0n) is 13.5. The number of carbonyl (C=O) groups excluding carboxylic acids is 1. The number of carbonyl (C=O) groups is 1. The van der Waals surface area contributed by atoms with Crippen LogP contribution in [0.5, 0.6) is 11.5 Å². The molecule has 0 aliphatic heterocycles. The smallest absolute Gasteiger partial charge is 0.290 e. The van der Waals surface area contributed by atoms with Crippen LogP contribution in [0.1, 0.15) is 5.56 Å². The van der Waals surface area contributed by atoms with Gasteiger partial charge in [-0.05, 0) is 48.9 Å². The first-order valence-electron chi connectivity index (χ1n) is 7.77. The highest BCUT2D eigenvalue weighted by molar-refractivity contribution is 5.89. The van der Waals surface area contributed by atoms with Crippen molar-refractivity contribution in [1.29, 1.82) is 0 Å². The molecule has 120 valence electrons. The van der Waals surface area contributed by atoms with Crippen LogP contribution in [-0.2, 0) is 11.3 Å². The van der Waals surface area contributed by atoms with Gasteiger partial charge in [-0.15, -0.1) is 0 Å². The van der Waals surface area contributed by atoms with Gasteiger partial charge < -0.3 is 10.1 Å². The number of rotatable bonds is 5. The standard InChI is InChI=1S/C20H18N2O2/c1-16-11-13-22(14-12-16)15-20(23)21-17-7-9-19(10-8-17)24-18-5-3-2-4-6-18/h2-14H,15H2,1H3/p+1. The molecular weight excluding hydrogens is 300 g/mol. The van der Waals surface area contributed by atoms with Gasteiger partial charge in [0.05, 0.1) is 0 Å². The molecule has 0 saturated carbocycles. The van der Waals surface area contributed by atoms with Crippen LogP contribution < -0.4 is 14.6 Å². The summed E-state index contributed by atoms with van der Waals surface area (Å²) in [6.45, 7) is 2.30. The molecule has 0 atom stereocenters. The second kappa shape index (κ2) is 7.42. The van der Waals surface area contributed by atoms with Crippen molar-refractivity contribution in [3.63, 3.8) is 0 Å². The second-order valence-corrected chi connectivity index (χ2v) is 5.54. The Morgan fingerprint density at radius 1 is 0.917 bits per heavy atom. The molecule has 1 amide bonds. The highest BCUT2D eigenvalue weighted by Crippen LogP contribution is 2.22. The van der Waals surface area contributed by atoms with Crippen molar-refractivity contribution >= 4 is 11.6 Å². The molecule has 0 fully saturated rings. The average Bonchev–Trinajstić information content (AvgIpc) is 2.60. The van der Waals surface area contributed by atoms with Gasteiger partial charge in [0.15, 0.2) is 12.4 Å². The van der Waals surface area contributed by atoms with Gasteiger partial charge in [0.1, 0.15) is 11.5 Å². The number of nitrogens with zero attached hydrogens (tertiary/aromatic N) is 1. The summed E-state index contributed by atoms with van der Waals surface area (Å²) in [5, 5.41) is 2.88. The maximum atomic E-state index is 12.1. The van der Waals surface area contributed by atoms with Crippen LogP contribution >= 0.6 is 0 Å². The summed E-state index contributed by atoms with van der Waals surface area (Å²) in [5.74, 6) is 1.44. The van der Waals surface area contributed by atoms with Crippen molar-refractivity contribution in [1.82, 2.24) is 0 Å². The van der Waals surface area contributed by atoms with Gasteiger partial charge in [0.25, 0.3) is 5.91 Å². The van der Waals surface area contributed by atoms with E-state index in [0.29, 0.717) is 0 Å². The van der Waals surface area contributed by atoms with Crippen LogP contribution in [0.3, 0.4) is 0 Å². The van der Waals surface area contributed by atoms with Gasteiger partial charge >= 0.3 is 0 Å². The number of hydrogen-bond acceptors (Lipinski definition) is 2. The lowest BCUT2D eigenvalue weighted by Crippen LogP contribution is -2.39. The molecule has 1 N–H and O–H groups in total. The summed E-state index contributed by atoms with van der Waals surface area (Å²) in [6, 6.07) is 20.9. The number of nitrogens with one attached hydrogen (secondary N) is 1. The molecule has 1 heterocycles. The molecule has 24 heavy (non-hydrogen) atoms. The molecule has 3 aromatic rings.